The summed E-state index contributed by atoms with van der Waals surface area (Å²) >= 11 is 4.20. The molecule has 80 valence electrons. The molecule has 5 heteroatoms. The van der Waals surface area contributed by atoms with E-state index in [9.17, 15) is 9.59 Å². The Morgan fingerprint density at radius 3 is 2.71 bits per heavy atom. The summed E-state index contributed by atoms with van der Waals surface area (Å²) in [4.78, 5) is 22.4. The molecule has 14 heavy (non-hydrogen) atoms. The van der Waals surface area contributed by atoms with E-state index in [0.717, 1.165) is 0 Å². The first kappa shape index (κ1) is 11.4. The van der Waals surface area contributed by atoms with Crippen molar-refractivity contribution in [3.05, 3.63) is 0 Å². The summed E-state index contributed by atoms with van der Waals surface area (Å²) < 4.78 is 0. The minimum atomic E-state index is -0.300. The predicted octanol–water partition coefficient (Wildman–Crippen LogP) is -0.0545. The van der Waals surface area contributed by atoms with E-state index >= 15 is 0 Å². The van der Waals surface area contributed by atoms with Crippen molar-refractivity contribution in [1.82, 2.24) is 10.6 Å². The Kier molecular flexibility index (Phi) is 3.80. The highest BCUT2D eigenvalue weighted by Gasteiger charge is 2.26. The van der Waals surface area contributed by atoms with Gasteiger partial charge in [0.1, 0.15) is 0 Å². The van der Waals surface area contributed by atoms with Crippen LogP contribution in [0.25, 0.3) is 0 Å². The van der Waals surface area contributed by atoms with E-state index in [2.05, 4.69) is 23.3 Å². The zero-order valence-corrected chi connectivity index (χ0v) is 9.30. The van der Waals surface area contributed by atoms with Gasteiger partial charge in [-0.15, -0.1) is 0 Å². The van der Waals surface area contributed by atoms with Crippen LogP contribution in [0.4, 0.5) is 0 Å². The lowest BCUT2D eigenvalue weighted by molar-refractivity contribution is -0.121. The molecule has 2 amide bonds. The number of nitrogens with one attached hydrogen (secondary N) is 2. The van der Waals surface area contributed by atoms with Gasteiger partial charge in [0.05, 0.1) is 11.3 Å². The van der Waals surface area contributed by atoms with Gasteiger partial charge in [-0.25, -0.2) is 0 Å². The molecule has 2 atom stereocenters. The molecule has 0 aromatic rings. The van der Waals surface area contributed by atoms with Gasteiger partial charge in [0.2, 0.25) is 11.8 Å². The van der Waals surface area contributed by atoms with E-state index in [-0.39, 0.29) is 29.0 Å². The lowest BCUT2D eigenvalue weighted by Crippen LogP contribution is -2.42. The second-order valence-corrected chi connectivity index (χ2v) is 4.46. The third-order valence-electron chi connectivity index (χ3n) is 2.22. The molecule has 0 saturated carbocycles. The summed E-state index contributed by atoms with van der Waals surface area (Å²) in [6.07, 6.45) is 0.379. The van der Waals surface area contributed by atoms with Crippen molar-refractivity contribution < 1.29 is 9.59 Å². The first-order valence-corrected chi connectivity index (χ1v) is 5.27. The summed E-state index contributed by atoms with van der Waals surface area (Å²) in [7, 11) is 0. The SMILES string of the molecule is CC(C)C(S)C(=O)NC1CNC(=O)C1. The molecule has 0 aromatic carbocycles. The van der Waals surface area contributed by atoms with Gasteiger partial charge in [-0.1, -0.05) is 13.8 Å². The molecule has 0 radical (unpaired) electrons. The standard InChI is InChI=1S/C9H16N2O2S/c1-5(2)8(14)9(13)11-6-3-7(12)10-4-6/h5-6,8,14H,3-4H2,1-2H3,(H,10,12)(H,11,13). The summed E-state index contributed by atoms with van der Waals surface area (Å²) in [5, 5.41) is 5.16. The van der Waals surface area contributed by atoms with Gasteiger partial charge in [-0.05, 0) is 5.92 Å². The van der Waals surface area contributed by atoms with E-state index in [0.29, 0.717) is 13.0 Å². The van der Waals surface area contributed by atoms with Crippen molar-refractivity contribution in [1.29, 1.82) is 0 Å². The third-order valence-corrected chi connectivity index (χ3v) is 3.05. The molecule has 1 heterocycles. The van der Waals surface area contributed by atoms with Crippen LogP contribution < -0.4 is 10.6 Å². The highest BCUT2D eigenvalue weighted by molar-refractivity contribution is 7.81. The summed E-state index contributed by atoms with van der Waals surface area (Å²) in [6.45, 7) is 4.41. The molecular formula is C9H16N2O2S. The van der Waals surface area contributed by atoms with E-state index < -0.39 is 0 Å². The minimum absolute atomic E-state index is 0.00411. The largest absolute Gasteiger partial charge is 0.354 e. The summed E-state index contributed by atoms with van der Waals surface area (Å²) in [5.74, 6) is 0.101. The van der Waals surface area contributed by atoms with Crippen LogP contribution in [-0.4, -0.2) is 29.7 Å². The van der Waals surface area contributed by atoms with Gasteiger partial charge >= 0.3 is 0 Å². The second-order valence-electron chi connectivity index (χ2n) is 3.90. The van der Waals surface area contributed by atoms with Gasteiger partial charge in [-0.3, -0.25) is 9.59 Å². The molecule has 4 nitrogen and oxygen atoms in total. The minimum Gasteiger partial charge on any atom is -0.354 e. The lowest BCUT2D eigenvalue weighted by atomic mass is 10.1. The average Bonchev–Trinajstić information content (AvgIpc) is 2.49. The summed E-state index contributed by atoms with van der Waals surface area (Å²) in [6, 6.07) is -0.0663. The van der Waals surface area contributed by atoms with E-state index in [4.69, 9.17) is 0 Å². The maximum Gasteiger partial charge on any atom is 0.233 e. The number of hydrogen-bond donors (Lipinski definition) is 3. The van der Waals surface area contributed by atoms with Gasteiger partial charge in [0, 0.05) is 13.0 Å². The molecule has 1 saturated heterocycles. The monoisotopic (exact) mass is 216 g/mol. The molecule has 1 rings (SSSR count). The molecule has 0 aliphatic carbocycles. The zero-order chi connectivity index (χ0) is 10.7. The highest BCUT2D eigenvalue weighted by Crippen LogP contribution is 2.10. The maximum absolute atomic E-state index is 11.5. The Morgan fingerprint density at radius 2 is 2.29 bits per heavy atom. The molecule has 2 N–H and O–H groups in total. The van der Waals surface area contributed by atoms with Crippen molar-refractivity contribution >= 4 is 24.4 Å². The van der Waals surface area contributed by atoms with E-state index in [1.165, 1.54) is 0 Å². The average molecular weight is 216 g/mol. The van der Waals surface area contributed by atoms with Gasteiger partial charge in [0.15, 0.2) is 0 Å². The van der Waals surface area contributed by atoms with Crippen LogP contribution in [0.15, 0.2) is 0 Å². The van der Waals surface area contributed by atoms with Crippen LogP contribution in [0.5, 0.6) is 0 Å². The van der Waals surface area contributed by atoms with Crippen LogP contribution >= 0.6 is 12.6 Å². The zero-order valence-electron chi connectivity index (χ0n) is 8.41. The molecule has 0 bridgehead atoms. The molecule has 0 aromatic heterocycles. The Balaban J connectivity index is 2.37. The maximum atomic E-state index is 11.5. The molecule has 1 aliphatic heterocycles. The second kappa shape index (κ2) is 4.68. The van der Waals surface area contributed by atoms with Crippen LogP contribution in [-0.2, 0) is 9.59 Å². The Morgan fingerprint density at radius 1 is 1.64 bits per heavy atom. The first-order chi connectivity index (χ1) is 6.50. The van der Waals surface area contributed by atoms with Crippen molar-refractivity contribution in [2.45, 2.75) is 31.6 Å². The number of carbonyl (C=O) groups excluding carboxylic acids is 2. The van der Waals surface area contributed by atoms with E-state index in [1.807, 2.05) is 13.8 Å². The quantitative estimate of drug-likeness (QED) is 0.579. The fraction of sp³-hybridized carbons (Fsp3) is 0.778. The number of amides is 2. The smallest absolute Gasteiger partial charge is 0.233 e. The van der Waals surface area contributed by atoms with Gasteiger partial charge in [-0.2, -0.15) is 12.6 Å². The first-order valence-electron chi connectivity index (χ1n) is 4.76. The molecule has 1 aliphatic rings. The molecule has 1 fully saturated rings. The highest BCUT2D eigenvalue weighted by atomic mass is 32.1. The molecule has 2 unspecified atom stereocenters. The Hall–Kier alpha value is -0.710. The number of thiol groups is 1. The molecule has 0 spiro atoms. The number of rotatable bonds is 3. The van der Waals surface area contributed by atoms with Gasteiger partial charge < -0.3 is 10.6 Å². The normalized spacial score (nSPS) is 23.4. The Bertz CT molecular complexity index is 243. The lowest BCUT2D eigenvalue weighted by Gasteiger charge is -2.17. The van der Waals surface area contributed by atoms with Crippen LogP contribution in [0.2, 0.25) is 0 Å². The molecular weight excluding hydrogens is 200 g/mol. The fourth-order valence-corrected chi connectivity index (χ4v) is 1.37. The van der Waals surface area contributed by atoms with Crippen molar-refractivity contribution in [3.63, 3.8) is 0 Å². The van der Waals surface area contributed by atoms with Gasteiger partial charge in [0.25, 0.3) is 0 Å². The summed E-state index contributed by atoms with van der Waals surface area (Å²) in [5.41, 5.74) is 0. The predicted molar refractivity (Wildman–Crippen MR) is 57.2 cm³/mol. The van der Waals surface area contributed by atoms with Crippen molar-refractivity contribution in [3.8, 4) is 0 Å². The van der Waals surface area contributed by atoms with Crippen LogP contribution in [0.1, 0.15) is 20.3 Å². The fourth-order valence-electron chi connectivity index (χ4n) is 1.30. The van der Waals surface area contributed by atoms with E-state index in [1.54, 1.807) is 0 Å². The van der Waals surface area contributed by atoms with Crippen LogP contribution in [0, 0.1) is 5.92 Å². The van der Waals surface area contributed by atoms with Crippen LogP contribution in [0.3, 0.4) is 0 Å². The topological polar surface area (TPSA) is 58.2 Å². The Labute approximate surface area is 89.2 Å². The number of carbonyl (C=O) groups is 2. The van der Waals surface area contributed by atoms with Crippen molar-refractivity contribution in [2.24, 2.45) is 5.92 Å². The number of hydrogen-bond acceptors (Lipinski definition) is 3. The third kappa shape index (κ3) is 2.90. The van der Waals surface area contributed by atoms with Crippen molar-refractivity contribution in [2.75, 3.05) is 6.54 Å².